The Morgan fingerprint density at radius 2 is 2.00 bits per heavy atom. The van der Waals surface area contributed by atoms with Crippen molar-refractivity contribution in [3.05, 3.63) is 33.7 Å². The lowest BCUT2D eigenvalue weighted by Crippen LogP contribution is -2.36. The van der Waals surface area contributed by atoms with E-state index in [-0.39, 0.29) is 6.04 Å². The van der Waals surface area contributed by atoms with Gasteiger partial charge in [-0.05, 0) is 60.7 Å². The average molecular weight is 398 g/mol. The summed E-state index contributed by atoms with van der Waals surface area (Å²) in [7, 11) is 0. The van der Waals surface area contributed by atoms with Gasteiger partial charge in [0.15, 0.2) is 5.82 Å². The van der Waals surface area contributed by atoms with Crippen LogP contribution in [0, 0.1) is 3.57 Å². The van der Waals surface area contributed by atoms with Crippen molar-refractivity contribution in [3.8, 4) is 11.5 Å². The highest BCUT2D eigenvalue weighted by Gasteiger charge is 2.20. The molecule has 0 bridgehead atoms. The van der Waals surface area contributed by atoms with E-state index in [9.17, 15) is 0 Å². The van der Waals surface area contributed by atoms with Crippen molar-refractivity contribution in [2.75, 3.05) is 19.6 Å². The van der Waals surface area contributed by atoms with Gasteiger partial charge >= 0.3 is 0 Å². The summed E-state index contributed by atoms with van der Waals surface area (Å²) in [5.74, 6) is 1.14. The fraction of sp³-hybridized carbons (Fsp3) is 0.467. The third-order valence-corrected chi connectivity index (χ3v) is 4.72. The number of benzene rings is 1. The quantitative estimate of drug-likeness (QED) is 0.803. The third-order valence-electron chi connectivity index (χ3n) is 3.78. The molecule has 5 nitrogen and oxygen atoms in total. The van der Waals surface area contributed by atoms with Gasteiger partial charge in [-0.25, -0.2) is 0 Å². The molecule has 6 heteroatoms. The molecule has 1 fully saturated rings. The molecule has 2 aromatic rings. The van der Waals surface area contributed by atoms with Crippen LogP contribution in [0.1, 0.15) is 31.1 Å². The Balaban J connectivity index is 1.71. The summed E-state index contributed by atoms with van der Waals surface area (Å²) < 4.78 is 6.47. The number of nitrogens with two attached hydrogens (primary N) is 1. The average Bonchev–Trinajstić information content (AvgIpc) is 2.98. The molecule has 0 spiro atoms. The first-order valence-electron chi connectivity index (χ1n) is 7.30. The third kappa shape index (κ3) is 3.61. The van der Waals surface area contributed by atoms with Gasteiger partial charge in [0.1, 0.15) is 0 Å². The van der Waals surface area contributed by atoms with Gasteiger partial charge in [-0.15, -0.1) is 0 Å². The largest absolute Gasteiger partial charge is 0.334 e. The molecule has 112 valence electrons. The first-order chi connectivity index (χ1) is 10.2. The van der Waals surface area contributed by atoms with Crippen LogP contribution in [0.2, 0.25) is 0 Å². The number of piperidine rings is 1. The zero-order valence-corrected chi connectivity index (χ0v) is 14.0. The molecule has 0 amide bonds. The minimum Gasteiger partial charge on any atom is -0.334 e. The van der Waals surface area contributed by atoms with Crippen LogP contribution >= 0.6 is 22.6 Å². The van der Waals surface area contributed by atoms with E-state index in [1.165, 1.54) is 19.3 Å². The maximum atomic E-state index is 6.23. The fourth-order valence-electron chi connectivity index (χ4n) is 2.63. The smallest absolute Gasteiger partial charge is 0.259 e. The van der Waals surface area contributed by atoms with Gasteiger partial charge in [0.25, 0.3) is 5.89 Å². The van der Waals surface area contributed by atoms with Gasteiger partial charge in [0.05, 0.1) is 11.6 Å². The lowest BCUT2D eigenvalue weighted by Gasteiger charge is -2.27. The van der Waals surface area contributed by atoms with Crippen molar-refractivity contribution in [1.82, 2.24) is 15.0 Å². The van der Waals surface area contributed by atoms with E-state index in [1.807, 2.05) is 24.3 Å². The van der Waals surface area contributed by atoms with Crippen molar-refractivity contribution < 1.29 is 4.52 Å². The molecule has 1 saturated heterocycles. The van der Waals surface area contributed by atoms with Crippen LogP contribution in [0.3, 0.4) is 0 Å². The van der Waals surface area contributed by atoms with Crippen molar-refractivity contribution in [3.63, 3.8) is 0 Å². The highest BCUT2D eigenvalue weighted by atomic mass is 127. The van der Waals surface area contributed by atoms with Gasteiger partial charge in [-0.2, -0.15) is 4.98 Å². The summed E-state index contributed by atoms with van der Waals surface area (Å²) in [6, 6.07) is 7.77. The summed E-state index contributed by atoms with van der Waals surface area (Å²) in [5, 5.41) is 4.06. The highest BCUT2D eigenvalue weighted by molar-refractivity contribution is 14.1. The molecule has 1 aromatic heterocycles. The molecule has 1 aromatic carbocycles. The van der Waals surface area contributed by atoms with Gasteiger partial charge in [0, 0.05) is 10.1 Å². The van der Waals surface area contributed by atoms with Crippen LogP contribution < -0.4 is 5.73 Å². The topological polar surface area (TPSA) is 68.2 Å². The zero-order valence-electron chi connectivity index (χ0n) is 11.8. The van der Waals surface area contributed by atoms with Gasteiger partial charge in [-0.1, -0.05) is 23.7 Å². The number of hydrogen-bond donors (Lipinski definition) is 1. The fourth-order valence-corrected chi connectivity index (χ4v) is 3.25. The Morgan fingerprint density at radius 3 is 2.76 bits per heavy atom. The maximum absolute atomic E-state index is 6.23. The van der Waals surface area contributed by atoms with Gasteiger partial charge in [0.2, 0.25) is 0 Å². The summed E-state index contributed by atoms with van der Waals surface area (Å²) in [4.78, 5) is 6.86. The lowest BCUT2D eigenvalue weighted by molar-refractivity contribution is 0.213. The Morgan fingerprint density at radius 1 is 1.24 bits per heavy atom. The molecule has 1 aliphatic heterocycles. The molecular weight excluding hydrogens is 379 g/mol. The Hall–Kier alpha value is -0.990. The second-order valence-corrected chi connectivity index (χ2v) is 6.57. The van der Waals surface area contributed by atoms with Gasteiger partial charge in [-0.3, -0.25) is 0 Å². The zero-order chi connectivity index (χ0) is 14.7. The minimum atomic E-state index is -0.193. The number of likely N-dealkylation sites (tertiary alicyclic amines) is 1. The van der Waals surface area contributed by atoms with Gasteiger partial charge < -0.3 is 15.2 Å². The number of nitrogens with zero attached hydrogens (tertiary/aromatic N) is 3. The van der Waals surface area contributed by atoms with Crippen LogP contribution in [0.5, 0.6) is 0 Å². The van der Waals surface area contributed by atoms with E-state index < -0.39 is 0 Å². The first kappa shape index (κ1) is 14.9. The maximum Gasteiger partial charge on any atom is 0.259 e. The molecule has 0 aliphatic carbocycles. The molecule has 21 heavy (non-hydrogen) atoms. The van der Waals surface area contributed by atoms with E-state index in [1.54, 1.807) is 0 Å². The van der Waals surface area contributed by atoms with Crippen LogP contribution in [0.15, 0.2) is 28.8 Å². The molecule has 2 heterocycles. The molecule has 3 rings (SSSR count). The minimum absolute atomic E-state index is 0.193. The van der Waals surface area contributed by atoms with Crippen LogP contribution in [0.25, 0.3) is 11.5 Å². The van der Waals surface area contributed by atoms with E-state index in [4.69, 9.17) is 10.3 Å². The molecule has 0 saturated carbocycles. The molecular formula is C15H19IN4O. The summed E-state index contributed by atoms with van der Waals surface area (Å²) in [6.07, 6.45) is 3.84. The number of hydrogen-bond acceptors (Lipinski definition) is 5. The monoisotopic (exact) mass is 398 g/mol. The second-order valence-electron chi connectivity index (χ2n) is 5.41. The predicted octanol–water partition coefficient (Wildman–Crippen LogP) is 2.83. The number of rotatable bonds is 4. The SMILES string of the molecule is NC(CN1CCCCC1)c1noc(-c2ccccc2I)n1. The molecule has 0 radical (unpaired) electrons. The van der Waals surface area contributed by atoms with Crippen molar-refractivity contribution in [1.29, 1.82) is 0 Å². The van der Waals surface area contributed by atoms with E-state index in [0.717, 1.165) is 28.8 Å². The van der Waals surface area contributed by atoms with Crippen molar-refractivity contribution in [2.45, 2.75) is 25.3 Å². The molecule has 1 unspecified atom stereocenters. The molecule has 2 N–H and O–H groups in total. The lowest BCUT2D eigenvalue weighted by atomic mass is 10.1. The normalized spacial score (nSPS) is 17.8. The predicted molar refractivity (Wildman–Crippen MR) is 89.7 cm³/mol. The Bertz CT molecular complexity index is 595. The van der Waals surface area contributed by atoms with E-state index in [0.29, 0.717) is 11.7 Å². The first-order valence-corrected chi connectivity index (χ1v) is 8.38. The Labute approximate surface area is 138 Å². The molecule has 1 atom stereocenters. The highest BCUT2D eigenvalue weighted by Crippen LogP contribution is 2.24. The standard InChI is InChI=1S/C15H19IN4O/c16-12-7-3-2-6-11(12)15-18-14(19-21-15)13(17)10-20-8-4-1-5-9-20/h2-3,6-7,13H,1,4-5,8-10,17H2. The number of aromatic nitrogens is 2. The number of halogens is 1. The van der Waals surface area contributed by atoms with Crippen LogP contribution in [-0.2, 0) is 0 Å². The van der Waals surface area contributed by atoms with E-state index in [2.05, 4.69) is 37.6 Å². The van der Waals surface area contributed by atoms with Crippen LogP contribution in [-0.4, -0.2) is 34.7 Å². The van der Waals surface area contributed by atoms with Crippen molar-refractivity contribution >= 4 is 22.6 Å². The van der Waals surface area contributed by atoms with E-state index >= 15 is 0 Å². The Kier molecular flexibility index (Phi) is 4.87. The summed E-state index contributed by atoms with van der Waals surface area (Å²) in [6.45, 7) is 3.04. The van der Waals surface area contributed by atoms with Crippen molar-refractivity contribution in [2.24, 2.45) is 5.73 Å². The van der Waals surface area contributed by atoms with Crippen LogP contribution in [0.4, 0.5) is 0 Å². The summed E-state index contributed by atoms with van der Waals surface area (Å²) in [5.41, 5.74) is 7.19. The second kappa shape index (κ2) is 6.85. The summed E-state index contributed by atoms with van der Waals surface area (Å²) >= 11 is 2.27. The molecule has 1 aliphatic rings.